The minimum absolute atomic E-state index is 0.711. The molecule has 0 spiro atoms. The van der Waals surface area contributed by atoms with Crippen LogP contribution >= 0.6 is 23.5 Å². The van der Waals surface area contributed by atoms with E-state index in [1.54, 1.807) is 0 Å². The van der Waals surface area contributed by atoms with Gasteiger partial charge in [-0.3, -0.25) is 5.32 Å². The maximum atomic E-state index is 3.78. The third kappa shape index (κ3) is 5.50. The molecule has 1 N–H and O–H groups in total. The summed E-state index contributed by atoms with van der Waals surface area (Å²) < 4.78 is 0.773. The second-order valence-electron chi connectivity index (χ2n) is 4.27. The largest absolute Gasteiger partial charge is 0.293 e. The quantitative estimate of drug-likeness (QED) is 0.745. The summed E-state index contributed by atoms with van der Waals surface area (Å²) in [5.74, 6) is 0. The normalized spacial score (nSPS) is 31.8. The monoisotopic (exact) mass is 247 g/mol. The van der Waals surface area contributed by atoms with E-state index < -0.39 is 0 Å². The molecule has 0 saturated carbocycles. The zero-order valence-corrected chi connectivity index (χ0v) is 11.9. The molecule has 15 heavy (non-hydrogen) atoms. The van der Waals surface area contributed by atoms with Crippen LogP contribution in [0.1, 0.15) is 59.3 Å². The van der Waals surface area contributed by atoms with Crippen molar-refractivity contribution < 1.29 is 0 Å². The Morgan fingerprint density at radius 2 is 1.40 bits per heavy atom. The molecular weight excluding hydrogens is 222 g/mol. The van der Waals surface area contributed by atoms with Crippen LogP contribution in [-0.2, 0) is 0 Å². The summed E-state index contributed by atoms with van der Waals surface area (Å²) in [4.78, 5) is 0. The van der Waals surface area contributed by atoms with E-state index in [9.17, 15) is 0 Å². The Labute approximate surface area is 104 Å². The summed E-state index contributed by atoms with van der Waals surface area (Å²) in [7, 11) is 0. The van der Waals surface area contributed by atoms with Gasteiger partial charge in [0.05, 0.1) is 15.3 Å². The molecule has 1 saturated heterocycles. The SMILES string of the molecule is CCCCC1NC(CCCC)SC(C)S1. The Hall–Kier alpha value is 0.660. The van der Waals surface area contributed by atoms with Crippen molar-refractivity contribution in [2.24, 2.45) is 0 Å². The molecule has 2 atom stereocenters. The van der Waals surface area contributed by atoms with Crippen molar-refractivity contribution in [3.8, 4) is 0 Å². The molecule has 1 aliphatic heterocycles. The van der Waals surface area contributed by atoms with E-state index in [1.807, 2.05) is 0 Å². The van der Waals surface area contributed by atoms with E-state index >= 15 is 0 Å². The number of hydrogen-bond acceptors (Lipinski definition) is 3. The first-order chi connectivity index (χ1) is 7.26. The molecule has 0 radical (unpaired) electrons. The first kappa shape index (κ1) is 13.7. The van der Waals surface area contributed by atoms with E-state index in [4.69, 9.17) is 0 Å². The second kappa shape index (κ2) is 7.86. The third-order valence-corrected chi connectivity index (χ3v) is 5.56. The first-order valence-electron chi connectivity index (χ1n) is 6.33. The molecule has 1 nitrogen and oxygen atoms in total. The molecule has 1 heterocycles. The maximum absolute atomic E-state index is 3.78. The van der Waals surface area contributed by atoms with Gasteiger partial charge in [-0.25, -0.2) is 0 Å². The van der Waals surface area contributed by atoms with Crippen LogP contribution in [0.2, 0.25) is 0 Å². The van der Waals surface area contributed by atoms with E-state index in [0.717, 1.165) is 4.58 Å². The van der Waals surface area contributed by atoms with E-state index in [0.29, 0.717) is 10.7 Å². The van der Waals surface area contributed by atoms with Crippen molar-refractivity contribution >= 4 is 23.5 Å². The Bertz CT molecular complexity index is 148. The van der Waals surface area contributed by atoms with Gasteiger partial charge in [0.1, 0.15) is 0 Å². The predicted molar refractivity (Wildman–Crippen MR) is 74.4 cm³/mol. The molecule has 90 valence electrons. The summed E-state index contributed by atoms with van der Waals surface area (Å²) in [6.07, 6.45) is 8.05. The van der Waals surface area contributed by atoms with E-state index in [-0.39, 0.29) is 0 Å². The fourth-order valence-corrected chi connectivity index (χ4v) is 5.03. The molecular formula is C12H25NS2. The van der Waals surface area contributed by atoms with Crippen LogP contribution in [0.25, 0.3) is 0 Å². The lowest BCUT2D eigenvalue weighted by molar-refractivity contribution is 0.524. The smallest absolute Gasteiger partial charge is 0.0551 e. The molecule has 0 aromatic rings. The predicted octanol–water partition coefficient (Wildman–Crippen LogP) is 4.43. The minimum Gasteiger partial charge on any atom is -0.293 e. The van der Waals surface area contributed by atoms with Crippen molar-refractivity contribution in [2.75, 3.05) is 0 Å². The molecule has 3 heteroatoms. The fourth-order valence-electron chi connectivity index (χ4n) is 1.86. The minimum atomic E-state index is 0.711. The van der Waals surface area contributed by atoms with Crippen molar-refractivity contribution in [1.29, 1.82) is 0 Å². The Balaban J connectivity index is 2.27. The molecule has 0 aromatic heterocycles. The highest BCUT2D eigenvalue weighted by atomic mass is 32.2. The summed E-state index contributed by atoms with van der Waals surface area (Å²) in [5, 5.41) is 5.20. The number of hydrogen-bond donors (Lipinski definition) is 1. The molecule has 1 aliphatic rings. The lowest BCUT2D eigenvalue weighted by Gasteiger charge is -2.34. The van der Waals surface area contributed by atoms with Gasteiger partial charge in [0, 0.05) is 0 Å². The van der Waals surface area contributed by atoms with Crippen LogP contribution in [-0.4, -0.2) is 15.3 Å². The zero-order valence-electron chi connectivity index (χ0n) is 10.3. The lowest BCUT2D eigenvalue weighted by atomic mass is 10.2. The standard InChI is InChI=1S/C12H25NS2/c1-4-6-8-11-13-12(9-7-5-2)15-10(3)14-11/h10-13H,4-9H2,1-3H3. The highest BCUT2D eigenvalue weighted by Crippen LogP contribution is 2.37. The van der Waals surface area contributed by atoms with Gasteiger partial charge >= 0.3 is 0 Å². The highest BCUT2D eigenvalue weighted by molar-refractivity contribution is 8.18. The number of unbranched alkanes of at least 4 members (excludes halogenated alkanes) is 2. The third-order valence-electron chi connectivity index (χ3n) is 2.72. The molecule has 0 amide bonds. The van der Waals surface area contributed by atoms with E-state index in [2.05, 4.69) is 49.6 Å². The van der Waals surface area contributed by atoms with Gasteiger partial charge in [-0.1, -0.05) is 39.5 Å². The van der Waals surface area contributed by atoms with Gasteiger partial charge in [-0.2, -0.15) is 0 Å². The Kier molecular flexibility index (Phi) is 7.19. The molecule has 2 unspecified atom stereocenters. The average molecular weight is 247 g/mol. The van der Waals surface area contributed by atoms with Crippen molar-refractivity contribution in [3.63, 3.8) is 0 Å². The van der Waals surface area contributed by atoms with Gasteiger partial charge in [-0.05, 0) is 19.8 Å². The fraction of sp³-hybridized carbons (Fsp3) is 1.00. The Morgan fingerprint density at radius 1 is 0.933 bits per heavy atom. The molecule has 0 bridgehead atoms. The summed E-state index contributed by atoms with van der Waals surface area (Å²) in [6.45, 7) is 6.91. The van der Waals surface area contributed by atoms with Crippen molar-refractivity contribution in [2.45, 2.75) is 74.6 Å². The van der Waals surface area contributed by atoms with Gasteiger partial charge in [-0.15, -0.1) is 23.5 Å². The maximum Gasteiger partial charge on any atom is 0.0551 e. The summed E-state index contributed by atoms with van der Waals surface area (Å²) in [6, 6.07) is 0. The summed E-state index contributed by atoms with van der Waals surface area (Å²) >= 11 is 4.23. The number of thioether (sulfide) groups is 2. The van der Waals surface area contributed by atoms with Crippen LogP contribution in [0.3, 0.4) is 0 Å². The summed E-state index contributed by atoms with van der Waals surface area (Å²) in [5.41, 5.74) is 0. The first-order valence-corrected chi connectivity index (χ1v) is 8.21. The van der Waals surface area contributed by atoms with Gasteiger partial charge < -0.3 is 0 Å². The van der Waals surface area contributed by atoms with E-state index in [1.165, 1.54) is 38.5 Å². The topological polar surface area (TPSA) is 12.0 Å². The number of nitrogens with one attached hydrogen (secondary N) is 1. The molecule has 1 fully saturated rings. The molecule has 1 rings (SSSR count). The van der Waals surface area contributed by atoms with Crippen LogP contribution in [0.4, 0.5) is 0 Å². The van der Waals surface area contributed by atoms with Gasteiger partial charge in [0.15, 0.2) is 0 Å². The second-order valence-corrected chi connectivity index (χ2v) is 7.66. The van der Waals surface area contributed by atoms with Crippen molar-refractivity contribution in [1.82, 2.24) is 5.32 Å². The lowest BCUT2D eigenvalue weighted by Crippen LogP contribution is -2.39. The van der Waals surface area contributed by atoms with Crippen LogP contribution in [0.15, 0.2) is 0 Å². The van der Waals surface area contributed by atoms with Crippen LogP contribution in [0.5, 0.6) is 0 Å². The highest BCUT2D eigenvalue weighted by Gasteiger charge is 2.25. The average Bonchev–Trinajstić information content (AvgIpc) is 2.23. The van der Waals surface area contributed by atoms with Crippen molar-refractivity contribution in [3.05, 3.63) is 0 Å². The van der Waals surface area contributed by atoms with Gasteiger partial charge in [0.2, 0.25) is 0 Å². The zero-order chi connectivity index (χ0) is 11.1. The molecule has 0 aliphatic carbocycles. The van der Waals surface area contributed by atoms with Crippen LogP contribution < -0.4 is 5.32 Å². The number of rotatable bonds is 6. The van der Waals surface area contributed by atoms with Crippen LogP contribution in [0, 0.1) is 0 Å². The molecule has 0 aromatic carbocycles. The Morgan fingerprint density at radius 3 is 1.80 bits per heavy atom. The van der Waals surface area contributed by atoms with Gasteiger partial charge in [0.25, 0.3) is 0 Å².